The molecule has 3 aliphatic rings. The third-order valence-electron chi connectivity index (χ3n) is 9.88. The minimum absolute atomic E-state index is 0.000237. The number of hydrogen-bond acceptors (Lipinski definition) is 11. The average molecular weight is 729 g/mol. The van der Waals surface area contributed by atoms with E-state index in [2.05, 4.69) is 10.6 Å². The molecule has 2 saturated heterocycles. The molecule has 2 amide bonds. The van der Waals surface area contributed by atoms with E-state index in [1.54, 1.807) is 26.2 Å². The number of aryl methyl sites for hydroxylation is 1. The van der Waals surface area contributed by atoms with Gasteiger partial charge in [0, 0.05) is 56.8 Å². The second-order valence-corrected chi connectivity index (χ2v) is 14.0. The van der Waals surface area contributed by atoms with Gasteiger partial charge in [0.05, 0.1) is 23.8 Å². The Morgan fingerprint density at radius 2 is 1.98 bits per heavy atom. The fourth-order valence-corrected chi connectivity index (χ4v) is 7.29. The number of aliphatic hydroxyl groups is 1. The van der Waals surface area contributed by atoms with E-state index in [1.807, 2.05) is 50.9 Å². The molecule has 51 heavy (non-hydrogen) atoms. The van der Waals surface area contributed by atoms with Gasteiger partial charge in [-0.1, -0.05) is 42.3 Å². The van der Waals surface area contributed by atoms with E-state index in [4.69, 9.17) is 35.3 Å². The zero-order valence-corrected chi connectivity index (χ0v) is 30.5. The molecule has 14 nitrogen and oxygen atoms in total. The summed E-state index contributed by atoms with van der Waals surface area (Å²) in [5.74, 6) is 0.0739. The van der Waals surface area contributed by atoms with Crippen LogP contribution in [0.4, 0.5) is 26.7 Å². The molecule has 3 heterocycles. The molecule has 0 spiro atoms. The summed E-state index contributed by atoms with van der Waals surface area (Å²) in [7, 11) is 4.88. The van der Waals surface area contributed by atoms with Crippen LogP contribution in [0.2, 0.25) is 5.02 Å². The number of halogens is 1. The van der Waals surface area contributed by atoms with Crippen molar-refractivity contribution in [3.63, 3.8) is 0 Å². The second kappa shape index (κ2) is 15.1. The number of benzene rings is 2. The van der Waals surface area contributed by atoms with Crippen LogP contribution in [-0.2, 0) is 25.4 Å². The first-order valence-electron chi connectivity index (χ1n) is 16.6. The van der Waals surface area contributed by atoms with Crippen molar-refractivity contribution in [1.29, 1.82) is 0 Å². The number of anilines is 2. The van der Waals surface area contributed by atoms with Crippen molar-refractivity contribution in [3.8, 4) is 5.75 Å². The Morgan fingerprint density at radius 1 is 1.24 bits per heavy atom. The molecule has 5 rings (SSSR count). The summed E-state index contributed by atoms with van der Waals surface area (Å²) >= 11 is 6.81. The summed E-state index contributed by atoms with van der Waals surface area (Å²) in [6, 6.07) is 8.10. The number of nitro benzene ring substituents is 1. The Kier molecular flexibility index (Phi) is 11.2. The summed E-state index contributed by atoms with van der Waals surface area (Å²) < 4.78 is 29.3. The van der Waals surface area contributed by atoms with E-state index in [1.165, 1.54) is 25.3 Å². The Morgan fingerprint density at radius 3 is 2.65 bits per heavy atom. The average Bonchev–Trinajstić information content (AvgIpc) is 3.76. The lowest BCUT2D eigenvalue weighted by molar-refractivity contribution is -0.385. The Labute approximate surface area is 301 Å². The Bertz CT molecular complexity index is 1740. The number of carbonyl (C=O) groups excluding carboxylic acids is 2. The van der Waals surface area contributed by atoms with Crippen molar-refractivity contribution >= 4 is 40.8 Å². The van der Waals surface area contributed by atoms with Crippen molar-refractivity contribution in [2.45, 2.75) is 82.7 Å². The highest BCUT2D eigenvalue weighted by molar-refractivity contribution is 6.34. The minimum Gasteiger partial charge on any atom is -0.495 e. The number of alkyl carbamates (subject to hydrolysis) is 1. The van der Waals surface area contributed by atoms with Crippen molar-refractivity contribution in [2.24, 2.45) is 5.92 Å². The molecule has 0 aliphatic carbocycles. The summed E-state index contributed by atoms with van der Waals surface area (Å²) in [5.41, 5.74) is 0.497. The van der Waals surface area contributed by atoms with Crippen LogP contribution in [0.15, 0.2) is 54.1 Å². The number of nitro groups is 1. The Hall–Kier alpha value is -4.37. The van der Waals surface area contributed by atoms with E-state index >= 15 is 0 Å². The van der Waals surface area contributed by atoms with Crippen LogP contribution in [0, 0.1) is 23.0 Å². The first-order valence-corrected chi connectivity index (χ1v) is 17.0. The third kappa shape index (κ3) is 8.25. The number of fused-ring (bicyclic) bond motifs is 5. The first kappa shape index (κ1) is 37.9. The smallest absolute Gasteiger partial charge is 0.412 e. The fraction of sp³-hybridized carbons (Fsp3) is 0.500. The van der Waals surface area contributed by atoms with Crippen LogP contribution in [0.1, 0.15) is 44.7 Å². The molecule has 2 aromatic carbocycles. The van der Waals surface area contributed by atoms with Crippen molar-refractivity contribution in [1.82, 2.24) is 5.32 Å². The molecule has 2 aromatic rings. The number of rotatable bonds is 5. The van der Waals surface area contributed by atoms with Gasteiger partial charge in [-0.05, 0) is 57.0 Å². The maximum Gasteiger partial charge on any atom is 0.412 e. The van der Waals surface area contributed by atoms with Gasteiger partial charge < -0.3 is 33.7 Å². The van der Waals surface area contributed by atoms with E-state index in [9.17, 15) is 24.8 Å². The lowest BCUT2D eigenvalue weighted by Gasteiger charge is -2.42. The first-order chi connectivity index (χ1) is 24.1. The van der Waals surface area contributed by atoms with Gasteiger partial charge in [-0.25, -0.2) is 9.59 Å². The maximum absolute atomic E-state index is 13.4. The molecule has 3 aliphatic heterocycles. The number of nitrogens with zero attached hydrogens (tertiary/aromatic N) is 2. The Balaban J connectivity index is 1.49. The van der Waals surface area contributed by atoms with Crippen molar-refractivity contribution in [2.75, 3.05) is 38.0 Å². The number of nitrogens with one attached hydrogen (secondary N) is 2. The van der Waals surface area contributed by atoms with E-state index < -0.39 is 58.8 Å². The molecule has 0 saturated carbocycles. The lowest BCUT2D eigenvalue weighted by Crippen LogP contribution is -2.63. The number of epoxide rings is 1. The van der Waals surface area contributed by atoms with Crippen LogP contribution < -0.4 is 20.3 Å². The monoisotopic (exact) mass is 728 g/mol. The van der Waals surface area contributed by atoms with Crippen LogP contribution in [0.3, 0.4) is 0 Å². The summed E-state index contributed by atoms with van der Waals surface area (Å²) in [5, 5.41) is 28.6. The van der Waals surface area contributed by atoms with Crippen LogP contribution in [-0.4, -0.2) is 85.8 Å². The van der Waals surface area contributed by atoms with Gasteiger partial charge in [0.25, 0.3) is 5.69 Å². The van der Waals surface area contributed by atoms with Gasteiger partial charge in [-0.2, -0.15) is 0 Å². The highest BCUT2D eigenvalue weighted by Crippen LogP contribution is 2.49. The molecule has 7 atom stereocenters. The predicted octanol–water partition coefficient (Wildman–Crippen LogP) is 6.06. The number of hydrogen-bond donors (Lipinski definition) is 3. The molecule has 0 aromatic heterocycles. The van der Waals surface area contributed by atoms with Gasteiger partial charge in [0.2, 0.25) is 0 Å². The normalized spacial score (nSPS) is 31.2. The zero-order valence-electron chi connectivity index (χ0n) is 29.7. The standard InChI is InChI=1S/C36H45ClN4O10/c1-20-9-8-10-30(48-7)36(44)19-28(49-34(43)39-36)22(3)32-35(4,51-32)29(50-33(42)38-24-11-12-25(41(45)46)21(2)16-24)13-14-40(5)26-17-23(15-20)18-27(47-6)31(26)37/h8-12,16-18,22,28-30,32,44H,13-15,19H2,1-7H3,(H,38,42)(H,39,43)/b10-8+,20-9+/t22-,28+,29+,30-,32+,35+,36+/m1/s1. The number of allylic oxidation sites excluding steroid dienone is 3. The molecule has 3 N–H and O–H groups in total. The van der Waals surface area contributed by atoms with Gasteiger partial charge >= 0.3 is 12.2 Å². The maximum atomic E-state index is 13.4. The van der Waals surface area contributed by atoms with Crippen LogP contribution in [0.5, 0.6) is 5.75 Å². The predicted molar refractivity (Wildman–Crippen MR) is 190 cm³/mol. The molecule has 0 radical (unpaired) electrons. The molecule has 4 bridgehead atoms. The van der Waals surface area contributed by atoms with Crippen LogP contribution >= 0.6 is 11.6 Å². The van der Waals surface area contributed by atoms with Gasteiger partial charge in [0.15, 0.2) is 5.72 Å². The van der Waals surface area contributed by atoms with E-state index in [0.717, 1.165) is 16.8 Å². The molecule has 0 unspecified atom stereocenters. The topological polar surface area (TPSA) is 174 Å². The van der Waals surface area contributed by atoms with Crippen LogP contribution in [0.25, 0.3) is 0 Å². The quantitative estimate of drug-likeness (QED) is 0.185. The van der Waals surface area contributed by atoms with Gasteiger partial charge in [0.1, 0.15) is 34.7 Å². The third-order valence-corrected chi connectivity index (χ3v) is 10.3. The number of carbonyl (C=O) groups is 2. The summed E-state index contributed by atoms with van der Waals surface area (Å²) in [6.07, 6.45) is 1.64. The highest BCUT2D eigenvalue weighted by Gasteiger charge is 2.64. The molecular weight excluding hydrogens is 684 g/mol. The van der Waals surface area contributed by atoms with E-state index in [-0.39, 0.29) is 12.1 Å². The lowest BCUT2D eigenvalue weighted by atomic mass is 9.83. The second-order valence-electron chi connectivity index (χ2n) is 13.6. The minimum atomic E-state index is -1.78. The molecular formula is C36H45ClN4O10. The number of amides is 2. The number of ether oxygens (including phenoxy) is 5. The molecule has 2 fully saturated rings. The van der Waals surface area contributed by atoms with E-state index in [0.29, 0.717) is 41.4 Å². The largest absolute Gasteiger partial charge is 0.495 e. The zero-order chi connectivity index (χ0) is 37.2. The molecule has 276 valence electrons. The van der Waals surface area contributed by atoms with Gasteiger partial charge in [-0.15, -0.1) is 0 Å². The van der Waals surface area contributed by atoms with Gasteiger partial charge in [-0.3, -0.25) is 20.7 Å². The summed E-state index contributed by atoms with van der Waals surface area (Å²) in [4.78, 5) is 38.9. The molecule has 15 heteroatoms. The van der Waals surface area contributed by atoms with Crippen molar-refractivity contribution < 1.29 is 43.3 Å². The number of methoxy groups -OCH3 is 2. The summed E-state index contributed by atoms with van der Waals surface area (Å²) in [6.45, 7) is 7.61. The highest BCUT2D eigenvalue weighted by atomic mass is 35.5. The SMILES string of the molecule is COc1cc2cc(c1Cl)N(C)CC[C@H](OC(=O)Nc1ccc([N+](=O)[O-])c(C)c1)[C@]1(C)O[C@H]1[C@H](C)[C@@H]1C[C@@](O)(NC(=O)O1)[C@H](OC)/C=C/C=C(\C)C2. The van der Waals surface area contributed by atoms with Crippen molar-refractivity contribution in [3.05, 3.63) is 80.4 Å². The fourth-order valence-electron chi connectivity index (χ4n) is 6.96.